The van der Waals surface area contributed by atoms with Gasteiger partial charge in [-0.1, -0.05) is 26.7 Å². The van der Waals surface area contributed by atoms with Crippen molar-refractivity contribution < 1.29 is 4.79 Å². The molecule has 66 valence electrons. The van der Waals surface area contributed by atoms with Crippen molar-refractivity contribution in [3.63, 3.8) is 0 Å². The van der Waals surface area contributed by atoms with E-state index in [1.165, 1.54) is 12.8 Å². The maximum absolute atomic E-state index is 10.9. The van der Waals surface area contributed by atoms with Gasteiger partial charge in [0.2, 0.25) is 5.91 Å². The monoisotopic (exact) mass is 157 g/mol. The van der Waals surface area contributed by atoms with Crippen LogP contribution in [0.1, 0.15) is 46.0 Å². The van der Waals surface area contributed by atoms with Crippen molar-refractivity contribution in [2.45, 2.75) is 46.0 Å². The van der Waals surface area contributed by atoms with Crippen LogP contribution < -0.4 is 5.32 Å². The van der Waals surface area contributed by atoms with Crippen LogP contribution in [0.3, 0.4) is 0 Å². The Kier molecular flexibility index (Phi) is 7.21. The van der Waals surface area contributed by atoms with E-state index in [4.69, 9.17) is 0 Å². The van der Waals surface area contributed by atoms with Crippen molar-refractivity contribution in [1.29, 1.82) is 0 Å². The Morgan fingerprint density at radius 3 is 2.45 bits per heavy atom. The highest BCUT2D eigenvalue weighted by molar-refractivity contribution is 5.75. The van der Waals surface area contributed by atoms with Gasteiger partial charge in [0.05, 0.1) is 0 Å². The second kappa shape index (κ2) is 7.58. The fourth-order valence-electron chi connectivity index (χ4n) is 0.918. The number of nitrogens with one attached hydrogen (secondary N) is 1. The predicted octanol–water partition coefficient (Wildman–Crippen LogP) is 2.09. The van der Waals surface area contributed by atoms with Crippen LogP contribution in [-0.4, -0.2) is 12.5 Å². The SMILES string of the molecule is CCCCCNC(=O)CCC. The van der Waals surface area contributed by atoms with Crippen LogP contribution in [0, 0.1) is 0 Å². The highest BCUT2D eigenvalue weighted by Gasteiger charge is 1.95. The molecule has 2 nitrogen and oxygen atoms in total. The van der Waals surface area contributed by atoms with Crippen LogP contribution in [0.25, 0.3) is 0 Å². The summed E-state index contributed by atoms with van der Waals surface area (Å²) in [6.45, 7) is 5.03. The summed E-state index contributed by atoms with van der Waals surface area (Å²) in [7, 11) is 0. The molecule has 0 aromatic rings. The molecule has 0 aromatic heterocycles. The first kappa shape index (κ1) is 10.5. The number of carbonyl (C=O) groups is 1. The Morgan fingerprint density at radius 2 is 1.91 bits per heavy atom. The number of amides is 1. The predicted molar refractivity (Wildman–Crippen MR) is 47.4 cm³/mol. The van der Waals surface area contributed by atoms with E-state index >= 15 is 0 Å². The fourth-order valence-corrected chi connectivity index (χ4v) is 0.918. The Hall–Kier alpha value is -0.530. The molecule has 11 heavy (non-hydrogen) atoms. The largest absolute Gasteiger partial charge is 0.356 e. The second-order valence-electron chi connectivity index (χ2n) is 2.81. The Morgan fingerprint density at radius 1 is 1.18 bits per heavy atom. The molecule has 0 saturated carbocycles. The molecule has 2 heteroatoms. The molecular formula is C9H19NO. The summed E-state index contributed by atoms with van der Waals surface area (Å²) in [6.07, 6.45) is 5.16. The van der Waals surface area contributed by atoms with Crippen molar-refractivity contribution in [1.82, 2.24) is 5.32 Å². The summed E-state index contributed by atoms with van der Waals surface area (Å²) in [5.74, 6) is 0.198. The summed E-state index contributed by atoms with van der Waals surface area (Å²) in [5, 5.41) is 2.88. The Bertz CT molecular complexity index is 102. The molecule has 0 unspecified atom stereocenters. The second-order valence-corrected chi connectivity index (χ2v) is 2.81. The third kappa shape index (κ3) is 7.37. The van der Waals surface area contributed by atoms with Crippen molar-refractivity contribution in [2.75, 3.05) is 6.54 Å². The summed E-state index contributed by atoms with van der Waals surface area (Å²) in [4.78, 5) is 10.9. The molecule has 0 rings (SSSR count). The summed E-state index contributed by atoms with van der Waals surface area (Å²) in [5.41, 5.74) is 0. The lowest BCUT2D eigenvalue weighted by molar-refractivity contribution is -0.121. The number of hydrogen-bond acceptors (Lipinski definition) is 1. The fraction of sp³-hybridized carbons (Fsp3) is 0.889. The third-order valence-electron chi connectivity index (χ3n) is 1.58. The topological polar surface area (TPSA) is 29.1 Å². The van der Waals surface area contributed by atoms with E-state index in [9.17, 15) is 4.79 Å². The van der Waals surface area contributed by atoms with Gasteiger partial charge < -0.3 is 5.32 Å². The molecule has 0 saturated heterocycles. The van der Waals surface area contributed by atoms with E-state index in [0.717, 1.165) is 19.4 Å². The van der Waals surface area contributed by atoms with Gasteiger partial charge in [-0.05, 0) is 12.8 Å². The van der Waals surface area contributed by atoms with Gasteiger partial charge in [0.1, 0.15) is 0 Å². The molecule has 0 aliphatic rings. The van der Waals surface area contributed by atoms with E-state index in [1.54, 1.807) is 0 Å². The average Bonchev–Trinajstić information content (AvgIpc) is 1.99. The summed E-state index contributed by atoms with van der Waals surface area (Å²) >= 11 is 0. The van der Waals surface area contributed by atoms with Crippen molar-refractivity contribution in [3.8, 4) is 0 Å². The summed E-state index contributed by atoms with van der Waals surface area (Å²) < 4.78 is 0. The minimum Gasteiger partial charge on any atom is -0.356 e. The average molecular weight is 157 g/mol. The van der Waals surface area contributed by atoms with Crippen LogP contribution in [0.15, 0.2) is 0 Å². The van der Waals surface area contributed by atoms with E-state index in [2.05, 4.69) is 12.2 Å². The highest BCUT2D eigenvalue weighted by Crippen LogP contribution is 1.92. The first-order chi connectivity index (χ1) is 5.31. The van der Waals surface area contributed by atoms with Gasteiger partial charge in [-0.2, -0.15) is 0 Å². The van der Waals surface area contributed by atoms with Crippen molar-refractivity contribution >= 4 is 5.91 Å². The molecule has 0 spiro atoms. The van der Waals surface area contributed by atoms with Gasteiger partial charge in [0.25, 0.3) is 0 Å². The van der Waals surface area contributed by atoms with Gasteiger partial charge in [-0.25, -0.2) is 0 Å². The molecule has 1 amide bonds. The highest BCUT2D eigenvalue weighted by atomic mass is 16.1. The number of carbonyl (C=O) groups excluding carboxylic acids is 1. The first-order valence-electron chi connectivity index (χ1n) is 4.58. The molecule has 0 fully saturated rings. The molecule has 0 radical (unpaired) electrons. The molecule has 0 aliphatic carbocycles. The third-order valence-corrected chi connectivity index (χ3v) is 1.58. The van der Waals surface area contributed by atoms with Crippen molar-refractivity contribution in [2.24, 2.45) is 0 Å². The number of hydrogen-bond donors (Lipinski definition) is 1. The Labute approximate surface area is 69.4 Å². The van der Waals surface area contributed by atoms with E-state index in [0.29, 0.717) is 6.42 Å². The zero-order chi connectivity index (χ0) is 8.53. The maximum Gasteiger partial charge on any atom is 0.219 e. The smallest absolute Gasteiger partial charge is 0.219 e. The minimum absolute atomic E-state index is 0.198. The van der Waals surface area contributed by atoms with Gasteiger partial charge in [-0.3, -0.25) is 4.79 Å². The normalized spacial score (nSPS) is 9.64. The summed E-state index contributed by atoms with van der Waals surface area (Å²) in [6, 6.07) is 0. The van der Waals surface area contributed by atoms with Gasteiger partial charge in [0, 0.05) is 13.0 Å². The standard InChI is InChI=1S/C9H19NO/c1-3-5-6-8-10-9(11)7-4-2/h3-8H2,1-2H3,(H,10,11). The number of rotatable bonds is 6. The lowest BCUT2D eigenvalue weighted by Gasteiger charge is -2.02. The van der Waals surface area contributed by atoms with E-state index < -0.39 is 0 Å². The number of unbranched alkanes of at least 4 members (excludes halogenated alkanes) is 2. The zero-order valence-electron chi connectivity index (χ0n) is 7.65. The molecule has 1 N–H and O–H groups in total. The quantitative estimate of drug-likeness (QED) is 0.588. The van der Waals surface area contributed by atoms with Crippen LogP contribution in [-0.2, 0) is 4.79 Å². The molecular weight excluding hydrogens is 138 g/mol. The lowest BCUT2D eigenvalue weighted by atomic mass is 10.2. The van der Waals surface area contributed by atoms with Gasteiger partial charge in [0.15, 0.2) is 0 Å². The molecule has 0 aliphatic heterocycles. The van der Waals surface area contributed by atoms with Gasteiger partial charge in [-0.15, -0.1) is 0 Å². The first-order valence-corrected chi connectivity index (χ1v) is 4.58. The maximum atomic E-state index is 10.9. The van der Waals surface area contributed by atoms with Crippen LogP contribution in [0.4, 0.5) is 0 Å². The van der Waals surface area contributed by atoms with Crippen LogP contribution >= 0.6 is 0 Å². The zero-order valence-corrected chi connectivity index (χ0v) is 7.65. The molecule has 0 bridgehead atoms. The molecule has 0 heterocycles. The van der Waals surface area contributed by atoms with E-state index in [1.807, 2.05) is 6.92 Å². The molecule has 0 atom stereocenters. The van der Waals surface area contributed by atoms with Crippen molar-refractivity contribution in [3.05, 3.63) is 0 Å². The lowest BCUT2D eigenvalue weighted by Crippen LogP contribution is -2.23. The van der Waals surface area contributed by atoms with Gasteiger partial charge >= 0.3 is 0 Å². The van der Waals surface area contributed by atoms with E-state index in [-0.39, 0.29) is 5.91 Å². The Balaban J connectivity index is 3.04. The molecule has 0 aromatic carbocycles. The van der Waals surface area contributed by atoms with Crippen LogP contribution in [0.5, 0.6) is 0 Å². The van der Waals surface area contributed by atoms with Crippen LogP contribution in [0.2, 0.25) is 0 Å². The minimum atomic E-state index is 0.198.